The molecule has 2 aromatic carbocycles. The first-order valence-corrected chi connectivity index (χ1v) is 8.13. The fourth-order valence-electron chi connectivity index (χ4n) is 2.82. The lowest BCUT2D eigenvalue weighted by molar-refractivity contribution is 0.885. The highest BCUT2D eigenvalue weighted by molar-refractivity contribution is 7.16. The van der Waals surface area contributed by atoms with E-state index in [1.165, 1.54) is 16.3 Å². The van der Waals surface area contributed by atoms with Crippen LogP contribution in [0.25, 0.3) is 21.0 Å². The Hall–Kier alpha value is -2.46. The molecule has 0 saturated heterocycles. The Balaban J connectivity index is 1.75. The first kappa shape index (κ1) is 13.2. The lowest BCUT2D eigenvalue weighted by Crippen LogP contribution is -2.08. The molecule has 0 aliphatic carbocycles. The van der Waals surface area contributed by atoms with E-state index in [0.717, 1.165) is 16.0 Å². The molecule has 2 heterocycles. The summed E-state index contributed by atoms with van der Waals surface area (Å²) in [6.07, 6.45) is 1.62. The minimum atomic E-state index is 0.170. The van der Waals surface area contributed by atoms with Crippen molar-refractivity contribution in [2.45, 2.75) is 13.0 Å². The van der Waals surface area contributed by atoms with E-state index >= 15 is 0 Å². The van der Waals surface area contributed by atoms with Gasteiger partial charge < -0.3 is 5.32 Å². The number of benzene rings is 2. The van der Waals surface area contributed by atoms with Gasteiger partial charge in [0.05, 0.1) is 11.4 Å². The van der Waals surface area contributed by atoms with Gasteiger partial charge in [0.25, 0.3) is 0 Å². The molecule has 0 unspecified atom stereocenters. The maximum absolute atomic E-state index is 4.41. The largest absolute Gasteiger partial charge is 0.363 e. The predicted octanol–water partition coefficient (Wildman–Crippen LogP) is 5.02. The van der Waals surface area contributed by atoms with E-state index in [-0.39, 0.29) is 6.04 Å². The minimum Gasteiger partial charge on any atom is -0.363 e. The van der Waals surface area contributed by atoms with Crippen molar-refractivity contribution in [3.8, 4) is 0 Å². The van der Waals surface area contributed by atoms with Gasteiger partial charge in [0.1, 0.15) is 17.0 Å². The van der Waals surface area contributed by atoms with E-state index in [1.54, 1.807) is 17.7 Å². The van der Waals surface area contributed by atoms with Crippen molar-refractivity contribution in [2.24, 2.45) is 0 Å². The highest BCUT2D eigenvalue weighted by Gasteiger charge is 2.12. The number of anilines is 1. The van der Waals surface area contributed by atoms with E-state index in [9.17, 15) is 0 Å². The number of hydrogen-bond donors (Lipinski definition) is 1. The van der Waals surface area contributed by atoms with Crippen LogP contribution < -0.4 is 5.32 Å². The van der Waals surface area contributed by atoms with Crippen LogP contribution in [0, 0.1) is 0 Å². The molecule has 1 N–H and O–H groups in total. The van der Waals surface area contributed by atoms with Gasteiger partial charge in [-0.15, -0.1) is 11.3 Å². The Morgan fingerprint density at radius 3 is 2.77 bits per heavy atom. The number of aromatic nitrogens is 2. The summed E-state index contributed by atoms with van der Waals surface area (Å²) in [6, 6.07) is 17.1. The van der Waals surface area contributed by atoms with E-state index in [2.05, 4.69) is 70.7 Å². The summed E-state index contributed by atoms with van der Waals surface area (Å²) in [5, 5.41) is 9.21. The molecule has 22 heavy (non-hydrogen) atoms. The van der Waals surface area contributed by atoms with Crippen LogP contribution in [0.5, 0.6) is 0 Å². The number of hydrogen-bond acceptors (Lipinski definition) is 4. The van der Waals surface area contributed by atoms with Crippen molar-refractivity contribution in [1.82, 2.24) is 9.97 Å². The Kier molecular flexibility index (Phi) is 3.24. The average Bonchev–Trinajstić information content (AvgIpc) is 3.04. The summed E-state index contributed by atoms with van der Waals surface area (Å²) in [5.41, 5.74) is 1.28. The highest BCUT2D eigenvalue weighted by atomic mass is 32.1. The van der Waals surface area contributed by atoms with Crippen molar-refractivity contribution in [2.75, 3.05) is 5.32 Å². The summed E-state index contributed by atoms with van der Waals surface area (Å²) < 4.78 is 0. The van der Waals surface area contributed by atoms with Gasteiger partial charge in [0, 0.05) is 0 Å². The summed E-state index contributed by atoms with van der Waals surface area (Å²) in [6.45, 7) is 2.17. The van der Waals surface area contributed by atoms with Crippen LogP contribution in [0.15, 0.2) is 60.2 Å². The Bertz CT molecular complexity index is 940. The second kappa shape index (κ2) is 5.39. The SMILES string of the molecule is C[C@H](Nc1ncnc2sccc12)c1cccc2ccccc12. The Labute approximate surface area is 132 Å². The number of rotatable bonds is 3. The van der Waals surface area contributed by atoms with Gasteiger partial charge in [0.15, 0.2) is 0 Å². The quantitative estimate of drug-likeness (QED) is 0.577. The smallest absolute Gasteiger partial charge is 0.138 e. The minimum absolute atomic E-state index is 0.170. The fourth-order valence-corrected chi connectivity index (χ4v) is 3.55. The topological polar surface area (TPSA) is 37.8 Å². The maximum Gasteiger partial charge on any atom is 0.138 e. The maximum atomic E-state index is 4.41. The Morgan fingerprint density at radius 2 is 1.82 bits per heavy atom. The summed E-state index contributed by atoms with van der Waals surface area (Å²) in [5.74, 6) is 0.895. The molecule has 0 spiro atoms. The molecular formula is C18H15N3S. The van der Waals surface area contributed by atoms with Gasteiger partial charge in [-0.1, -0.05) is 42.5 Å². The molecule has 4 aromatic rings. The van der Waals surface area contributed by atoms with Crippen LogP contribution in [0.4, 0.5) is 5.82 Å². The van der Waals surface area contributed by atoms with Gasteiger partial charge in [-0.3, -0.25) is 0 Å². The average molecular weight is 305 g/mol. The van der Waals surface area contributed by atoms with Gasteiger partial charge in [-0.25, -0.2) is 9.97 Å². The third-order valence-electron chi connectivity index (χ3n) is 3.90. The number of fused-ring (bicyclic) bond motifs is 2. The van der Waals surface area contributed by atoms with Crippen LogP contribution in [0.1, 0.15) is 18.5 Å². The summed E-state index contributed by atoms with van der Waals surface area (Å²) in [4.78, 5) is 9.72. The van der Waals surface area contributed by atoms with Crippen molar-refractivity contribution < 1.29 is 0 Å². The van der Waals surface area contributed by atoms with Gasteiger partial charge in [0.2, 0.25) is 0 Å². The molecule has 0 bridgehead atoms. The zero-order chi connectivity index (χ0) is 14.9. The molecule has 0 amide bonds. The monoisotopic (exact) mass is 305 g/mol. The fraction of sp³-hybridized carbons (Fsp3) is 0.111. The van der Waals surface area contributed by atoms with Gasteiger partial charge in [-0.2, -0.15) is 0 Å². The zero-order valence-electron chi connectivity index (χ0n) is 12.2. The molecule has 1 atom stereocenters. The molecule has 0 aliphatic heterocycles. The zero-order valence-corrected chi connectivity index (χ0v) is 13.0. The van der Waals surface area contributed by atoms with Crippen LogP contribution >= 0.6 is 11.3 Å². The molecule has 4 heteroatoms. The molecule has 2 aromatic heterocycles. The van der Waals surface area contributed by atoms with E-state index < -0.39 is 0 Å². The van der Waals surface area contributed by atoms with Crippen molar-refractivity contribution in [1.29, 1.82) is 0 Å². The van der Waals surface area contributed by atoms with Crippen molar-refractivity contribution in [3.63, 3.8) is 0 Å². The summed E-state index contributed by atoms with van der Waals surface area (Å²) >= 11 is 1.64. The molecule has 4 rings (SSSR count). The van der Waals surface area contributed by atoms with Gasteiger partial charge in [-0.05, 0) is 34.7 Å². The number of nitrogens with zero attached hydrogens (tertiary/aromatic N) is 2. The lowest BCUT2D eigenvalue weighted by atomic mass is 10.00. The highest BCUT2D eigenvalue weighted by Crippen LogP contribution is 2.29. The van der Waals surface area contributed by atoms with E-state index in [4.69, 9.17) is 0 Å². The van der Waals surface area contributed by atoms with E-state index in [0.29, 0.717) is 0 Å². The molecule has 3 nitrogen and oxygen atoms in total. The van der Waals surface area contributed by atoms with Crippen LogP contribution in [-0.2, 0) is 0 Å². The predicted molar refractivity (Wildman–Crippen MR) is 93.4 cm³/mol. The second-order valence-corrected chi connectivity index (χ2v) is 6.19. The Morgan fingerprint density at radius 1 is 0.955 bits per heavy atom. The normalized spacial score (nSPS) is 12.6. The van der Waals surface area contributed by atoms with Crippen LogP contribution in [0.2, 0.25) is 0 Å². The molecule has 0 aliphatic rings. The number of thiophene rings is 1. The standard InChI is InChI=1S/C18H15N3S/c1-12(14-8-4-6-13-5-2-3-7-15(13)14)21-17-16-9-10-22-18(16)20-11-19-17/h2-12H,1H3,(H,19,20,21)/t12-/m0/s1. The van der Waals surface area contributed by atoms with Crippen LogP contribution in [0.3, 0.4) is 0 Å². The summed E-state index contributed by atoms with van der Waals surface area (Å²) in [7, 11) is 0. The van der Waals surface area contributed by atoms with E-state index in [1.807, 2.05) is 5.38 Å². The lowest BCUT2D eigenvalue weighted by Gasteiger charge is -2.17. The van der Waals surface area contributed by atoms with Crippen LogP contribution in [-0.4, -0.2) is 9.97 Å². The van der Waals surface area contributed by atoms with Crippen molar-refractivity contribution in [3.05, 3.63) is 65.8 Å². The first-order valence-electron chi connectivity index (χ1n) is 7.25. The van der Waals surface area contributed by atoms with Crippen molar-refractivity contribution >= 4 is 38.1 Å². The molecule has 0 radical (unpaired) electrons. The first-order chi connectivity index (χ1) is 10.8. The third-order valence-corrected chi connectivity index (χ3v) is 4.73. The molecular weight excluding hydrogens is 290 g/mol. The number of nitrogens with one attached hydrogen (secondary N) is 1. The van der Waals surface area contributed by atoms with Gasteiger partial charge >= 0.3 is 0 Å². The third kappa shape index (κ3) is 2.22. The molecule has 108 valence electrons. The molecule has 0 fully saturated rings. The second-order valence-electron chi connectivity index (χ2n) is 5.30. The molecule has 0 saturated carbocycles.